The number of para-hydroxylation sites is 2. The second-order valence-corrected chi connectivity index (χ2v) is 29.9. The van der Waals surface area contributed by atoms with Crippen molar-refractivity contribution in [2.45, 2.75) is 129 Å². The van der Waals surface area contributed by atoms with E-state index in [0.717, 1.165) is 95.7 Å². The molecule has 8 aromatic carbocycles. The third-order valence-corrected chi connectivity index (χ3v) is 23.0. The van der Waals surface area contributed by atoms with Crippen molar-refractivity contribution in [1.29, 1.82) is 0 Å². The number of methoxy groups -OCH3 is 1. The van der Waals surface area contributed by atoms with Crippen LogP contribution in [-0.4, -0.2) is 148 Å². The van der Waals surface area contributed by atoms with Crippen LogP contribution in [-0.2, 0) is 37.4 Å². The number of ketones is 1. The van der Waals surface area contributed by atoms with Crippen LogP contribution in [0.3, 0.4) is 0 Å². The first-order valence-corrected chi connectivity index (χ1v) is 36.1. The maximum Gasteiger partial charge on any atom is 0.310 e. The minimum atomic E-state index is -1.36. The maximum atomic E-state index is 12.7. The Kier molecular flexibility index (Phi) is 23.5. The first-order chi connectivity index (χ1) is 46.5. The van der Waals surface area contributed by atoms with Crippen molar-refractivity contribution < 1.29 is 48.8 Å². The van der Waals surface area contributed by atoms with E-state index in [2.05, 4.69) is 123 Å². The number of phenolic OH excluding ortho intramolecular Hbond substituents is 2. The number of likely N-dealkylation sites (tertiary alicyclic amines) is 1. The number of nitrogens with zero attached hydrogens (tertiary/aromatic N) is 4. The molecule has 3 aliphatic carbocycles. The highest BCUT2D eigenvalue weighted by atomic mass is 32.2. The number of carbonyl (C=O) groups is 3. The molecule has 1 amide bonds. The van der Waals surface area contributed by atoms with E-state index in [-0.39, 0.29) is 28.6 Å². The minimum Gasteiger partial charge on any atom is -0.615 e. The summed E-state index contributed by atoms with van der Waals surface area (Å²) in [5.74, 6) is 1.71. The number of Topliss-reactive ketones (excluding diaryl/α,β-unsaturated/α-hetero) is 1. The van der Waals surface area contributed by atoms with Gasteiger partial charge in [0.05, 0.1) is 35.4 Å². The first kappa shape index (κ1) is 71.9. The number of aliphatic carboxylic acids is 1. The van der Waals surface area contributed by atoms with Crippen LogP contribution in [0.15, 0.2) is 192 Å². The smallest absolute Gasteiger partial charge is 0.310 e. The van der Waals surface area contributed by atoms with E-state index in [1.165, 1.54) is 39.6 Å². The summed E-state index contributed by atoms with van der Waals surface area (Å²) in [6.07, 6.45) is 5.44. The van der Waals surface area contributed by atoms with Crippen molar-refractivity contribution >= 4 is 62.7 Å². The molecule has 6 N–H and O–H groups in total. The fourth-order valence-corrected chi connectivity index (χ4v) is 17.3. The van der Waals surface area contributed by atoms with Gasteiger partial charge in [0.2, 0.25) is 0 Å². The van der Waals surface area contributed by atoms with Gasteiger partial charge in [0.1, 0.15) is 11.5 Å². The zero-order chi connectivity index (χ0) is 69.3. The number of primary amides is 1. The van der Waals surface area contributed by atoms with Crippen molar-refractivity contribution in [3.8, 4) is 23.0 Å². The molecule has 1 spiro atoms. The van der Waals surface area contributed by atoms with E-state index in [1.807, 2.05) is 127 Å². The summed E-state index contributed by atoms with van der Waals surface area (Å²) in [4.78, 5) is 46.7. The number of phenols is 2. The molecule has 2 unspecified atom stereocenters. The summed E-state index contributed by atoms with van der Waals surface area (Å²) in [7, 11) is 10.1. The predicted molar refractivity (Wildman–Crippen MR) is 389 cm³/mol. The first-order valence-electron chi connectivity index (χ1n) is 33.9. The molecule has 17 heteroatoms. The molecule has 3 heterocycles. The van der Waals surface area contributed by atoms with Crippen molar-refractivity contribution in [2.75, 3.05) is 72.1 Å². The van der Waals surface area contributed by atoms with Gasteiger partial charge in [-0.25, -0.2) is 0 Å². The molecular weight excluding hydrogens is 1260 g/mol. The Balaban J connectivity index is 0.000000133. The van der Waals surface area contributed by atoms with Gasteiger partial charge in [-0.15, -0.1) is 0 Å². The number of fused-ring (bicyclic) bond motifs is 3. The van der Waals surface area contributed by atoms with Gasteiger partial charge < -0.3 is 54.9 Å². The average molecular weight is 1350 g/mol. The van der Waals surface area contributed by atoms with Crippen LogP contribution in [0, 0.1) is 11.8 Å². The second-order valence-electron chi connectivity index (χ2n) is 27.3. The lowest BCUT2D eigenvalue weighted by Crippen LogP contribution is -2.76. The lowest BCUT2D eigenvalue weighted by Gasteiger charge is -2.62. The molecule has 3 aliphatic heterocycles. The number of hydrogen-bond donors (Lipinski definition) is 5. The number of hydrogen-bond acceptors (Lipinski definition) is 14. The lowest BCUT2D eigenvalue weighted by atomic mass is 9.49. The van der Waals surface area contributed by atoms with E-state index in [0.29, 0.717) is 42.2 Å². The number of aromatic hydroxyl groups is 2. The monoisotopic (exact) mass is 1350 g/mol. The highest BCUT2D eigenvalue weighted by Gasteiger charge is 2.73. The molecule has 97 heavy (non-hydrogen) atoms. The number of ether oxygens (including phenoxy) is 2. The van der Waals surface area contributed by atoms with Crippen molar-refractivity contribution in [1.82, 2.24) is 14.7 Å². The number of likely N-dealkylation sites (N-methyl/N-ethyl adjacent to an activating group) is 1. The van der Waals surface area contributed by atoms with E-state index < -0.39 is 46.1 Å². The Morgan fingerprint density at radius 2 is 1.37 bits per heavy atom. The summed E-state index contributed by atoms with van der Waals surface area (Å²) >= 11 is 0.502. The number of nitrogens with two attached hydrogens (primary N) is 1. The molecule has 0 radical (unpaired) electrons. The second kappa shape index (κ2) is 31.8. The Morgan fingerprint density at radius 3 is 1.95 bits per heavy atom. The normalized spacial score (nSPS) is 20.8. The fraction of sp³-hybridized carbons (Fsp3) is 0.388. The van der Waals surface area contributed by atoms with Crippen LogP contribution in [0.5, 0.6) is 23.0 Å². The third-order valence-electron chi connectivity index (χ3n) is 20.2. The van der Waals surface area contributed by atoms with Gasteiger partial charge >= 0.3 is 5.97 Å². The van der Waals surface area contributed by atoms with Crippen LogP contribution in [0.4, 0.5) is 11.4 Å². The summed E-state index contributed by atoms with van der Waals surface area (Å²) < 4.78 is 23.5. The van der Waals surface area contributed by atoms with E-state index >= 15 is 0 Å². The topological polar surface area (TPSA) is 213 Å². The maximum absolute atomic E-state index is 12.7. The Hall–Kier alpha value is -7.87. The summed E-state index contributed by atoms with van der Waals surface area (Å²) in [5.41, 5.74) is 12.2. The Bertz CT molecular complexity index is 3920. The number of piperidine rings is 1. The molecule has 2 bridgehead atoms. The van der Waals surface area contributed by atoms with Gasteiger partial charge in [-0.2, -0.15) is 0 Å². The molecule has 8 aromatic rings. The van der Waals surface area contributed by atoms with Crippen LogP contribution in [0.25, 0.3) is 10.8 Å². The number of aliphatic hydroxyl groups is 1. The quantitative estimate of drug-likeness (QED) is 0.0506. The number of amides is 1. The number of carboxylic acid groups (broad SMARTS) is 1. The molecule has 3 fully saturated rings. The highest BCUT2D eigenvalue weighted by molar-refractivity contribution is 7.99. The van der Waals surface area contributed by atoms with Gasteiger partial charge in [0, 0.05) is 64.6 Å². The molecule has 512 valence electrons. The highest BCUT2D eigenvalue weighted by Crippen LogP contribution is 2.65. The van der Waals surface area contributed by atoms with Crippen LogP contribution in [0.2, 0.25) is 0 Å². The number of benzene rings is 8. The van der Waals surface area contributed by atoms with Crippen LogP contribution >= 0.6 is 11.8 Å². The van der Waals surface area contributed by atoms with Crippen molar-refractivity contribution in [2.24, 2.45) is 17.6 Å². The number of carboxylic acids is 1. The number of anilines is 2. The summed E-state index contributed by atoms with van der Waals surface area (Å²) in [6.45, 7) is 12.5. The molecule has 14 rings (SSSR count). The van der Waals surface area contributed by atoms with Gasteiger partial charge in [-0.05, 0) is 198 Å². The van der Waals surface area contributed by atoms with Gasteiger partial charge in [0.25, 0.3) is 5.91 Å². The van der Waals surface area contributed by atoms with Gasteiger partial charge in [-0.1, -0.05) is 153 Å². The molecular formula is C80H95N5O10S2. The molecule has 0 aromatic heterocycles. The molecule has 9 atom stereocenters. The zero-order valence-corrected chi connectivity index (χ0v) is 59.0. The summed E-state index contributed by atoms with van der Waals surface area (Å²) in [5, 5.41) is 42.5. The van der Waals surface area contributed by atoms with E-state index in [4.69, 9.17) is 20.3 Å². The fourth-order valence-electron chi connectivity index (χ4n) is 14.9. The molecule has 15 nitrogen and oxygen atoms in total. The minimum absolute atomic E-state index is 0.0454. The third kappa shape index (κ3) is 16.2. The standard InChI is InChI=1S/C20H23NO4.C17H20N2S.C15H15NO2S.C14H23NO.C14H14O3/c22-13-4-3-12-9-15-20(24)6-5-14(23)18-19(20,16(12)17(13)25-18)7-8-21(15)10-11-1-2-11;1-13(18(2)3)12-19-14-8-4-6-10-16(14)20-17-11-7-5-9-15(17)19;16-14(17)11-19(18)15(12-7-3-1-4-8-12)13-9-5-2-6-10-13;1-5-14(11(2)10-15(3)4)12-7-6-8-13(16)9-12;1-9(14(15)16)10-3-4-12-8-13(17-2)6-5-11(12)7-10/h3-4,11,15,18,22,24H,1-2,5-10H2;4-11,13H,12H2,1-3H3;1-10,15H,11H2,(H2,16,17);6-9,11,14,16H,5,10H2,1-4H3;3-9H,1-2H3,(H,15,16)/t15-,18+,19+,20-;;;11-,14+;9-/m1..00/s1. The van der Waals surface area contributed by atoms with Crippen molar-refractivity contribution in [3.05, 3.63) is 215 Å². The van der Waals surface area contributed by atoms with E-state index in [1.54, 1.807) is 26.2 Å². The predicted octanol–water partition coefficient (Wildman–Crippen LogP) is 13.9. The average Bonchev–Trinajstić information content (AvgIpc) is 1.58. The van der Waals surface area contributed by atoms with E-state index in [9.17, 15) is 34.3 Å². The van der Waals surface area contributed by atoms with Gasteiger partial charge in [0.15, 0.2) is 34.4 Å². The Morgan fingerprint density at radius 1 is 0.763 bits per heavy atom. The SMILES string of the molecule is CC(CN1c2ccccc2Sc2ccccc21)N(C)C.CC[C@@H](c1cccc(O)c1)[C@@H](C)CN(C)C.COc1ccc2cc([C@H](C)C(=O)O)ccc2c1.NC(=O)C[S+]([O-])C(c1ccccc1)c1ccccc1.O=C1CC[C@@]2(O)[C@H]3Cc4ccc(O)c5c4[C@@]2(CCN3CC2CC2)[C@H]1O5. The number of rotatable bonds is 18. The van der Waals surface area contributed by atoms with Crippen LogP contribution in [0.1, 0.15) is 117 Å². The molecule has 1 saturated heterocycles. The Labute approximate surface area is 579 Å². The zero-order valence-electron chi connectivity index (χ0n) is 57.3. The van der Waals surface area contributed by atoms with Gasteiger partial charge in [-0.3, -0.25) is 19.3 Å². The molecule has 6 aliphatic rings. The lowest BCUT2D eigenvalue weighted by molar-refractivity contribution is -0.188. The van der Waals surface area contributed by atoms with Crippen molar-refractivity contribution in [3.63, 3.8) is 0 Å². The van der Waals surface area contributed by atoms with Crippen LogP contribution < -0.4 is 20.1 Å². The molecule has 2 saturated carbocycles. The summed E-state index contributed by atoms with van der Waals surface area (Å²) in [6, 6.07) is 59.7. The number of carbonyl (C=O) groups excluding carboxylic acids is 2. The largest absolute Gasteiger partial charge is 0.615 e.